The van der Waals surface area contributed by atoms with E-state index in [4.69, 9.17) is 21.7 Å². The summed E-state index contributed by atoms with van der Waals surface area (Å²) >= 11 is 6.08. The number of benzene rings is 4. The first-order chi connectivity index (χ1) is 15.4. The Kier molecular flexibility index (Phi) is 5.06. The van der Waals surface area contributed by atoms with E-state index in [0.29, 0.717) is 10.8 Å². The zero-order valence-electron chi connectivity index (χ0n) is 16.8. The monoisotopic (exact) mass is 459 g/mol. The average molecular weight is 460 g/mol. The van der Waals surface area contributed by atoms with Gasteiger partial charge in [-0.05, 0) is 65.4 Å². The van der Waals surface area contributed by atoms with Gasteiger partial charge in [-0.1, -0.05) is 48.0 Å². The number of hydrogen-bond acceptors (Lipinski definition) is 3. The van der Waals surface area contributed by atoms with Crippen molar-refractivity contribution >= 4 is 32.4 Å². The molecule has 0 aliphatic carbocycles. The van der Waals surface area contributed by atoms with Crippen LogP contribution < -0.4 is 5.14 Å². The zero-order valence-corrected chi connectivity index (χ0v) is 18.4. The van der Waals surface area contributed by atoms with Crippen LogP contribution in [0.4, 0.5) is 0 Å². The van der Waals surface area contributed by atoms with Gasteiger partial charge >= 0.3 is 0 Å². The van der Waals surface area contributed by atoms with Crippen LogP contribution in [0.25, 0.3) is 39.1 Å². The Hall–Kier alpha value is -3.45. The maximum Gasteiger partial charge on any atom is 0.238 e. The van der Waals surface area contributed by atoms with E-state index in [1.54, 1.807) is 12.1 Å². The Bertz CT molecular complexity index is 1540. The minimum absolute atomic E-state index is 0.0561. The molecule has 0 bridgehead atoms. The lowest BCUT2D eigenvalue weighted by molar-refractivity contribution is 0.598. The minimum atomic E-state index is -3.77. The predicted octanol–water partition coefficient (Wildman–Crippen LogP) is 5.66. The van der Waals surface area contributed by atoms with Crippen LogP contribution in [0, 0.1) is 0 Å². The number of primary sulfonamides is 1. The molecule has 0 radical (unpaired) electrons. The van der Waals surface area contributed by atoms with Crippen LogP contribution in [0.1, 0.15) is 0 Å². The van der Waals surface area contributed by atoms with Gasteiger partial charge in [0.2, 0.25) is 10.0 Å². The van der Waals surface area contributed by atoms with Crippen LogP contribution in [0.5, 0.6) is 0 Å². The number of fused-ring (bicyclic) bond motifs is 1. The Morgan fingerprint density at radius 2 is 1.44 bits per heavy atom. The summed E-state index contributed by atoms with van der Waals surface area (Å²) in [4.78, 5) is 4.95. The molecule has 4 aromatic carbocycles. The number of nitrogens with two attached hydrogens (primary N) is 1. The molecule has 0 amide bonds. The van der Waals surface area contributed by atoms with Crippen LogP contribution in [0.3, 0.4) is 0 Å². The smallest absolute Gasteiger partial charge is 0.238 e. The van der Waals surface area contributed by atoms with Crippen molar-refractivity contribution in [1.29, 1.82) is 0 Å². The largest absolute Gasteiger partial charge is 0.299 e. The number of rotatable bonds is 4. The lowest BCUT2D eigenvalue weighted by atomic mass is 10.1. The molecule has 2 N–H and O–H groups in total. The number of imidazole rings is 1. The molecule has 1 aromatic heterocycles. The first kappa shape index (κ1) is 20.5. The highest BCUT2D eigenvalue weighted by atomic mass is 35.5. The third-order valence-electron chi connectivity index (χ3n) is 5.30. The summed E-state index contributed by atoms with van der Waals surface area (Å²) in [7, 11) is -3.77. The molecule has 0 atom stereocenters. The molecule has 158 valence electrons. The number of aromatic nitrogens is 2. The molecular formula is C25H18ClN3O2S. The molecule has 0 unspecified atom stereocenters. The van der Waals surface area contributed by atoms with E-state index >= 15 is 0 Å². The third-order valence-corrected chi connectivity index (χ3v) is 6.48. The van der Waals surface area contributed by atoms with Gasteiger partial charge in [0.05, 0.1) is 10.6 Å². The third kappa shape index (κ3) is 3.91. The van der Waals surface area contributed by atoms with Gasteiger partial charge in [0.1, 0.15) is 5.82 Å². The molecule has 0 aliphatic heterocycles. The van der Waals surface area contributed by atoms with Gasteiger partial charge in [-0.25, -0.2) is 18.5 Å². The first-order valence-corrected chi connectivity index (χ1v) is 11.8. The number of hydrogen-bond donors (Lipinski definition) is 1. The van der Waals surface area contributed by atoms with E-state index in [9.17, 15) is 8.42 Å². The van der Waals surface area contributed by atoms with Gasteiger partial charge in [-0.2, -0.15) is 0 Å². The summed E-state index contributed by atoms with van der Waals surface area (Å²) in [6, 6.07) is 28.3. The summed E-state index contributed by atoms with van der Waals surface area (Å²) in [5, 5.41) is 8.18. The highest BCUT2D eigenvalue weighted by molar-refractivity contribution is 7.89. The summed E-state index contributed by atoms with van der Waals surface area (Å²) in [5.41, 5.74) is 3.44. The number of nitrogens with zero attached hydrogens (tertiary/aromatic N) is 2. The van der Waals surface area contributed by atoms with Crippen LogP contribution in [0.15, 0.2) is 102 Å². The molecule has 5 rings (SSSR count). The summed E-state index contributed by atoms with van der Waals surface area (Å²) in [6.07, 6.45) is 1.97. The Balaban J connectivity index is 1.67. The van der Waals surface area contributed by atoms with Gasteiger partial charge in [-0.3, -0.25) is 4.57 Å². The highest BCUT2D eigenvalue weighted by Crippen LogP contribution is 2.30. The molecule has 0 saturated heterocycles. The molecule has 0 fully saturated rings. The van der Waals surface area contributed by atoms with Crippen molar-refractivity contribution in [2.24, 2.45) is 5.14 Å². The topological polar surface area (TPSA) is 78.0 Å². The molecular weight excluding hydrogens is 442 g/mol. The normalized spacial score (nSPS) is 11.7. The lowest BCUT2D eigenvalue weighted by Gasteiger charge is -2.08. The average Bonchev–Trinajstić information content (AvgIpc) is 3.24. The van der Waals surface area contributed by atoms with Crippen molar-refractivity contribution in [3.63, 3.8) is 0 Å². The van der Waals surface area contributed by atoms with E-state index in [0.717, 1.165) is 33.3 Å². The van der Waals surface area contributed by atoms with E-state index in [-0.39, 0.29) is 4.90 Å². The van der Waals surface area contributed by atoms with E-state index in [2.05, 4.69) is 24.3 Å². The van der Waals surface area contributed by atoms with Crippen LogP contribution in [-0.2, 0) is 10.0 Å². The molecule has 7 heteroatoms. The summed E-state index contributed by atoms with van der Waals surface area (Å²) < 4.78 is 25.2. The molecule has 1 heterocycles. The predicted molar refractivity (Wildman–Crippen MR) is 128 cm³/mol. The quantitative estimate of drug-likeness (QED) is 0.376. The van der Waals surface area contributed by atoms with Gasteiger partial charge < -0.3 is 0 Å². The number of sulfonamides is 1. The zero-order chi connectivity index (χ0) is 22.3. The van der Waals surface area contributed by atoms with Crippen molar-refractivity contribution in [1.82, 2.24) is 9.55 Å². The van der Waals surface area contributed by atoms with Gasteiger partial charge in [0.25, 0.3) is 0 Å². The second-order valence-electron chi connectivity index (χ2n) is 7.43. The molecule has 0 spiro atoms. The highest BCUT2D eigenvalue weighted by Gasteiger charge is 2.15. The fourth-order valence-electron chi connectivity index (χ4n) is 3.66. The molecule has 0 saturated carbocycles. The Labute approximate surface area is 190 Å². The van der Waals surface area contributed by atoms with Gasteiger partial charge in [0.15, 0.2) is 0 Å². The summed E-state index contributed by atoms with van der Waals surface area (Å²) in [6.45, 7) is 0. The first-order valence-electron chi connectivity index (χ1n) is 9.86. The van der Waals surface area contributed by atoms with Crippen molar-refractivity contribution < 1.29 is 8.42 Å². The summed E-state index contributed by atoms with van der Waals surface area (Å²) in [5.74, 6) is 0.677. The van der Waals surface area contributed by atoms with E-state index in [1.165, 1.54) is 12.1 Å². The van der Waals surface area contributed by atoms with Crippen molar-refractivity contribution in [3.05, 3.63) is 102 Å². The minimum Gasteiger partial charge on any atom is -0.299 e. The lowest BCUT2D eigenvalue weighted by Crippen LogP contribution is -2.11. The van der Waals surface area contributed by atoms with Gasteiger partial charge in [-0.15, -0.1) is 0 Å². The molecule has 32 heavy (non-hydrogen) atoms. The maximum absolute atomic E-state index is 11.6. The second kappa shape index (κ2) is 7.91. The standard InChI is InChI=1S/C25H18ClN3O2S/c26-21-9-11-22(12-10-21)29-16-24(20-6-5-17-3-1-2-4-19(17)15-20)28-25(29)18-7-13-23(14-8-18)32(27,30)31/h1-16H,(H2,27,30,31). The van der Waals surface area contributed by atoms with Crippen LogP contribution in [-0.4, -0.2) is 18.0 Å². The van der Waals surface area contributed by atoms with Crippen molar-refractivity contribution in [2.75, 3.05) is 0 Å². The Morgan fingerprint density at radius 1 is 0.781 bits per heavy atom. The fraction of sp³-hybridized carbons (Fsp3) is 0. The van der Waals surface area contributed by atoms with E-state index < -0.39 is 10.0 Å². The molecule has 5 nitrogen and oxygen atoms in total. The van der Waals surface area contributed by atoms with E-state index in [1.807, 2.05) is 53.2 Å². The second-order valence-corrected chi connectivity index (χ2v) is 9.43. The van der Waals surface area contributed by atoms with Crippen LogP contribution in [0.2, 0.25) is 5.02 Å². The Morgan fingerprint density at radius 3 is 2.12 bits per heavy atom. The van der Waals surface area contributed by atoms with Crippen molar-refractivity contribution in [2.45, 2.75) is 4.90 Å². The van der Waals surface area contributed by atoms with Crippen molar-refractivity contribution in [3.8, 4) is 28.3 Å². The molecule has 5 aromatic rings. The van der Waals surface area contributed by atoms with Crippen LogP contribution >= 0.6 is 11.6 Å². The maximum atomic E-state index is 11.6. The number of halogens is 1. The fourth-order valence-corrected chi connectivity index (χ4v) is 4.31. The molecule has 0 aliphatic rings. The van der Waals surface area contributed by atoms with Gasteiger partial charge in [0, 0.05) is 28.0 Å². The SMILES string of the molecule is NS(=O)(=O)c1ccc(-c2nc(-c3ccc4ccccc4c3)cn2-c2ccc(Cl)cc2)cc1.